The molecular weight excluding hydrogens is 524 g/mol. The number of likely N-dealkylation sites (N-methyl/N-ethyl adjacent to an activating group) is 1. The van der Waals surface area contributed by atoms with E-state index in [0.717, 1.165) is 58.9 Å². The number of carboxylic acid groups (broad SMARTS) is 1. The lowest BCUT2D eigenvalue weighted by Crippen LogP contribution is -2.39. The Morgan fingerprint density at radius 3 is 2.62 bits per heavy atom. The SMILES string of the molecule is CN1CCOc2cc(-c3ccccc3-c3csc(N(C(=O)[C@@H](CC(=O)O)Cc4ccccc4)C4CC4)n3)cnc21. The third-order valence-corrected chi connectivity index (χ3v) is 8.18. The number of aliphatic carboxylic acids is 1. The lowest BCUT2D eigenvalue weighted by Gasteiger charge is -2.26. The first-order chi connectivity index (χ1) is 19.5. The van der Waals surface area contributed by atoms with Crippen molar-refractivity contribution in [1.82, 2.24) is 9.97 Å². The lowest BCUT2D eigenvalue weighted by atomic mass is 9.94. The van der Waals surface area contributed by atoms with Crippen LogP contribution in [0.25, 0.3) is 22.4 Å². The Morgan fingerprint density at radius 1 is 1.12 bits per heavy atom. The summed E-state index contributed by atoms with van der Waals surface area (Å²) >= 11 is 1.42. The van der Waals surface area contributed by atoms with Crippen molar-refractivity contribution in [3.63, 3.8) is 0 Å². The number of hydrogen-bond donors (Lipinski definition) is 1. The maximum absolute atomic E-state index is 13.9. The van der Waals surface area contributed by atoms with Crippen molar-refractivity contribution in [3.05, 3.63) is 77.8 Å². The van der Waals surface area contributed by atoms with Crippen LogP contribution in [0.1, 0.15) is 24.8 Å². The minimum absolute atomic E-state index is 0.0489. The summed E-state index contributed by atoms with van der Waals surface area (Å²) in [5.74, 6) is -0.239. The van der Waals surface area contributed by atoms with Crippen molar-refractivity contribution in [1.29, 1.82) is 0 Å². The largest absolute Gasteiger partial charge is 0.488 e. The smallest absolute Gasteiger partial charge is 0.304 e. The average molecular weight is 555 g/mol. The van der Waals surface area contributed by atoms with Gasteiger partial charge in [0.1, 0.15) is 6.61 Å². The van der Waals surface area contributed by atoms with Crippen molar-refractivity contribution < 1.29 is 19.4 Å². The Labute approximate surface area is 236 Å². The number of aromatic nitrogens is 2. The zero-order valence-corrected chi connectivity index (χ0v) is 23.0. The van der Waals surface area contributed by atoms with E-state index in [-0.39, 0.29) is 18.4 Å². The summed E-state index contributed by atoms with van der Waals surface area (Å²) in [6, 6.07) is 19.7. The van der Waals surface area contributed by atoms with Gasteiger partial charge >= 0.3 is 5.97 Å². The molecule has 1 aliphatic carbocycles. The number of thiazole rings is 1. The van der Waals surface area contributed by atoms with Crippen molar-refractivity contribution in [2.45, 2.75) is 31.7 Å². The van der Waals surface area contributed by atoms with Gasteiger partial charge in [0.2, 0.25) is 5.91 Å². The Morgan fingerprint density at radius 2 is 1.88 bits per heavy atom. The van der Waals surface area contributed by atoms with Crippen molar-refractivity contribution in [3.8, 4) is 28.1 Å². The van der Waals surface area contributed by atoms with Crippen LogP contribution >= 0.6 is 11.3 Å². The van der Waals surface area contributed by atoms with Crippen LogP contribution in [-0.2, 0) is 16.0 Å². The van der Waals surface area contributed by atoms with Gasteiger partial charge in [-0.25, -0.2) is 9.97 Å². The van der Waals surface area contributed by atoms with Gasteiger partial charge in [0.05, 0.1) is 24.6 Å². The van der Waals surface area contributed by atoms with Crippen LogP contribution < -0.4 is 14.5 Å². The van der Waals surface area contributed by atoms with Crippen molar-refractivity contribution in [2.75, 3.05) is 30.0 Å². The number of ether oxygens (including phenoxy) is 1. The van der Waals surface area contributed by atoms with Crippen LogP contribution in [0.3, 0.4) is 0 Å². The monoisotopic (exact) mass is 554 g/mol. The van der Waals surface area contributed by atoms with Crippen LogP contribution in [0.4, 0.5) is 10.9 Å². The molecule has 1 amide bonds. The van der Waals surface area contributed by atoms with Gasteiger partial charge in [-0.1, -0.05) is 54.6 Å². The topological polar surface area (TPSA) is 95.9 Å². The summed E-state index contributed by atoms with van der Waals surface area (Å²) < 4.78 is 5.89. The molecule has 40 heavy (non-hydrogen) atoms. The maximum atomic E-state index is 13.9. The number of anilines is 2. The Bertz CT molecular complexity index is 1540. The number of nitrogens with zero attached hydrogens (tertiary/aromatic N) is 4. The van der Waals surface area contributed by atoms with E-state index < -0.39 is 11.9 Å². The first kappa shape index (κ1) is 26.0. The van der Waals surface area contributed by atoms with E-state index in [9.17, 15) is 14.7 Å². The number of rotatable bonds is 9. The number of carbonyl (C=O) groups excluding carboxylic acids is 1. The zero-order chi connectivity index (χ0) is 27.6. The van der Waals surface area contributed by atoms with Crippen LogP contribution in [0.5, 0.6) is 5.75 Å². The zero-order valence-electron chi connectivity index (χ0n) is 22.2. The third-order valence-electron chi connectivity index (χ3n) is 7.34. The molecule has 9 heteroatoms. The number of carbonyl (C=O) groups is 2. The molecule has 0 unspecified atom stereocenters. The van der Waals surface area contributed by atoms with E-state index in [1.807, 2.05) is 79.3 Å². The molecule has 2 aromatic carbocycles. The second-order valence-corrected chi connectivity index (χ2v) is 11.1. The van der Waals surface area contributed by atoms with E-state index in [2.05, 4.69) is 9.88 Å². The molecule has 1 atom stereocenters. The van der Waals surface area contributed by atoms with Crippen LogP contribution in [-0.4, -0.2) is 53.2 Å². The lowest BCUT2D eigenvalue weighted by molar-refractivity contribution is -0.140. The van der Waals surface area contributed by atoms with Gasteiger partial charge in [-0.2, -0.15) is 0 Å². The van der Waals surface area contributed by atoms with E-state index in [0.29, 0.717) is 18.2 Å². The molecule has 0 saturated heterocycles. The van der Waals surface area contributed by atoms with Crippen molar-refractivity contribution in [2.24, 2.45) is 5.92 Å². The highest BCUT2D eigenvalue weighted by molar-refractivity contribution is 7.14. The molecule has 2 aliphatic rings. The van der Waals surface area contributed by atoms with Gasteiger partial charge < -0.3 is 14.7 Å². The first-order valence-corrected chi connectivity index (χ1v) is 14.3. The van der Waals surface area contributed by atoms with Gasteiger partial charge in [-0.15, -0.1) is 11.3 Å². The summed E-state index contributed by atoms with van der Waals surface area (Å²) in [5.41, 5.74) is 4.55. The summed E-state index contributed by atoms with van der Waals surface area (Å²) in [5, 5.41) is 12.2. The number of hydrogen-bond acceptors (Lipinski definition) is 7. The second kappa shape index (κ2) is 11.1. The molecule has 1 N–H and O–H groups in total. The molecule has 1 saturated carbocycles. The summed E-state index contributed by atoms with van der Waals surface area (Å²) in [4.78, 5) is 39.0. The number of fused-ring (bicyclic) bond motifs is 1. The minimum atomic E-state index is -0.979. The van der Waals surface area contributed by atoms with Crippen LogP contribution in [0.15, 0.2) is 72.2 Å². The molecule has 6 rings (SSSR count). The molecule has 204 valence electrons. The Kier molecular flexibility index (Phi) is 7.21. The summed E-state index contributed by atoms with van der Waals surface area (Å²) in [7, 11) is 2.01. The van der Waals surface area contributed by atoms with E-state index in [4.69, 9.17) is 9.72 Å². The fourth-order valence-electron chi connectivity index (χ4n) is 5.15. The van der Waals surface area contributed by atoms with Gasteiger partial charge in [0.15, 0.2) is 16.7 Å². The van der Waals surface area contributed by atoms with Gasteiger partial charge in [0.25, 0.3) is 0 Å². The van der Waals surface area contributed by atoms with E-state index >= 15 is 0 Å². The van der Waals surface area contributed by atoms with Crippen LogP contribution in [0.2, 0.25) is 0 Å². The standard InChI is InChI=1S/C31H30N4O4S/c1-34-13-14-39-27-16-22(18-32-29(27)34)24-9-5-6-10-25(24)26-19-40-31(33-26)35(23-11-12-23)30(38)21(17-28(36)37)15-20-7-3-2-4-8-20/h2-10,16,18-19,21,23H,11-15,17H2,1H3,(H,36,37)/t21-/m1/s1. The fraction of sp³-hybridized carbons (Fsp3) is 0.290. The highest BCUT2D eigenvalue weighted by Gasteiger charge is 2.39. The fourth-order valence-corrected chi connectivity index (χ4v) is 6.05. The van der Waals surface area contributed by atoms with Gasteiger partial charge in [0, 0.05) is 35.8 Å². The molecule has 0 spiro atoms. The van der Waals surface area contributed by atoms with Gasteiger partial charge in [-0.05, 0) is 36.5 Å². The molecule has 3 heterocycles. The molecule has 0 radical (unpaired) electrons. The Balaban J connectivity index is 1.31. The van der Waals surface area contributed by atoms with Crippen LogP contribution in [0, 0.1) is 5.92 Å². The highest BCUT2D eigenvalue weighted by Crippen LogP contribution is 2.40. The molecule has 0 bridgehead atoms. The molecule has 2 aromatic heterocycles. The average Bonchev–Trinajstić information content (AvgIpc) is 3.68. The highest BCUT2D eigenvalue weighted by atomic mass is 32.1. The van der Waals surface area contributed by atoms with E-state index in [1.54, 1.807) is 4.90 Å². The van der Waals surface area contributed by atoms with Crippen molar-refractivity contribution >= 4 is 34.2 Å². The number of amides is 1. The van der Waals surface area contributed by atoms with Gasteiger partial charge in [-0.3, -0.25) is 14.5 Å². The minimum Gasteiger partial charge on any atom is -0.488 e. The third kappa shape index (κ3) is 5.42. The number of carboxylic acids is 1. The predicted octanol–water partition coefficient (Wildman–Crippen LogP) is 5.53. The molecule has 4 aromatic rings. The first-order valence-electron chi connectivity index (χ1n) is 13.5. The maximum Gasteiger partial charge on any atom is 0.304 e. The second-order valence-electron chi connectivity index (χ2n) is 10.3. The Hall–Kier alpha value is -4.24. The molecular formula is C31H30N4O4S. The molecule has 1 fully saturated rings. The predicted molar refractivity (Wildman–Crippen MR) is 156 cm³/mol. The van der Waals surface area contributed by atoms with E-state index in [1.165, 1.54) is 11.3 Å². The number of pyridine rings is 1. The normalized spacial score (nSPS) is 15.2. The molecule has 8 nitrogen and oxygen atoms in total. The quantitative estimate of drug-likeness (QED) is 0.291. The summed E-state index contributed by atoms with van der Waals surface area (Å²) in [6.45, 7) is 1.41. The number of benzene rings is 2. The summed E-state index contributed by atoms with van der Waals surface area (Å²) in [6.07, 6.45) is 3.78. The molecule has 1 aliphatic heterocycles.